The van der Waals surface area contributed by atoms with Crippen LogP contribution in [-0.2, 0) is 4.79 Å². The lowest BCUT2D eigenvalue weighted by Gasteiger charge is -2.11. The van der Waals surface area contributed by atoms with E-state index in [0.29, 0.717) is 17.9 Å². The normalized spacial score (nSPS) is 11.0. The summed E-state index contributed by atoms with van der Waals surface area (Å²) in [5.41, 5.74) is 0.988. The molecule has 27 heavy (non-hydrogen) atoms. The molecule has 0 fully saturated rings. The largest absolute Gasteiger partial charge is 0.494 e. The molecule has 0 aliphatic heterocycles. The SMILES string of the molecule is CCOc1ccc(/C=C(\NC(=O)c2ccc(Cl)nc2)C(=O)NCCO)cc1. The number of ether oxygens (including phenoxy) is 1. The molecule has 142 valence electrons. The van der Waals surface area contributed by atoms with Gasteiger partial charge in [0.2, 0.25) is 0 Å². The first kappa shape index (κ1) is 20.4. The molecule has 0 bridgehead atoms. The summed E-state index contributed by atoms with van der Waals surface area (Å²) in [7, 11) is 0. The molecule has 1 aromatic carbocycles. The first-order valence-electron chi connectivity index (χ1n) is 8.30. The first-order chi connectivity index (χ1) is 13.0. The number of pyridine rings is 1. The minimum atomic E-state index is -0.520. The van der Waals surface area contributed by atoms with Crippen LogP contribution in [0.5, 0.6) is 5.75 Å². The molecule has 0 spiro atoms. The number of halogens is 1. The van der Waals surface area contributed by atoms with Gasteiger partial charge in [0.05, 0.1) is 18.8 Å². The van der Waals surface area contributed by atoms with Crippen LogP contribution in [0.1, 0.15) is 22.8 Å². The molecule has 2 aromatic rings. The van der Waals surface area contributed by atoms with Crippen molar-refractivity contribution in [2.45, 2.75) is 6.92 Å². The first-order valence-corrected chi connectivity index (χ1v) is 8.67. The number of nitrogens with zero attached hydrogens (tertiary/aromatic N) is 1. The molecule has 1 heterocycles. The van der Waals surface area contributed by atoms with E-state index in [1.807, 2.05) is 6.92 Å². The molecule has 7 nitrogen and oxygen atoms in total. The highest BCUT2D eigenvalue weighted by atomic mass is 35.5. The maximum Gasteiger partial charge on any atom is 0.267 e. The Morgan fingerprint density at radius 3 is 2.56 bits per heavy atom. The third-order valence-corrected chi connectivity index (χ3v) is 3.61. The van der Waals surface area contributed by atoms with E-state index in [1.54, 1.807) is 24.3 Å². The topological polar surface area (TPSA) is 101 Å². The lowest BCUT2D eigenvalue weighted by atomic mass is 10.1. The number of aliphatic hydroxyl groups excluding tert-OH is 1. The molecular formula is C19H20ClN3O4. The number of nitrogens with one attached hydrogen (secondary N) is 2. The van der Waals surface area contributed by atoms with Gasteiger partial charge in [0.15, 0.2) is 0 Å². The number of hydrogen-bond acceptors (Lipinski definition) is 5. The van der Waals surface area contributed by atoms with Crippen molar-refractivity contribution in [1.82, 2.24) is 15.6 Å². The molecule has 8 heteroatoms. The Morgan fingerprint density at radius 1 is 1.22 bits per heavy atom. The Balaban J connectivity index is 2.23. The monoisotopic (exact) mass is 389 g/mol. The Morgan fingerprint density at radius 2 is 1.96 bits per heavy atom. The van der Waals surface area contributed by atoms with Gasteiger partial charge >= 0.3 is 0 Å². The standard InChI is InChI=1S/C19H20ClN3O4/c1-2-27-15-6-3-13(4-7-15)11-16(19(26)21-9-10-24)23-18(25)14-5-8-17(20)22-12-14/h3-8,11-12,24H,2,9-10H2,1H3,(H,21,26)(H,23,25)/b16-11-. The molecule has 0 saturated heterocycles. The smallest absolute Gasteiger partial charge is 0.267 e. The van der Waals surface area contributed by atoms with Crippen LogP contribution < -0.4 is 15.4 Å². The molecule has 0 aliphatic rings. The third kappa shape index (κ3) is 6.40. The van der Waals surface area contributed by atoms with E-state index in [0.717, 1.165) is 0 Å². The van der Waals surface area contributed by atoms with E-state index in [-0.39, 0.29) is 29.6 Å². The van der Waals surface area contributed by atoms with Gasteiger partial charge in [-0.05, 0) is 42.8 Å². The highest BCUT2D eigenvalue weighted by Gasteiger charge is 2.14. The fraction of sp³-hybridized carbons (Fsp3) is 0.211. The Bertz CT molecular complexity index is 805. The number of benzene rings is 1. The molecule has 0 atom stereocenters. The minimum absolute atomic E-state index is 0.0348. The van der Waals surface area contributed by atoms with Crippen molar-refractivity contribution in [1.29, 1.82) is 0 Å². The molecular weight excluding hydrogens is 370 g/mol. The van der Waals surface area contributed by atoms with Gasteiger partial charge in [-0.2, -0.15) is 0 Å². The number of aliphatic hydroxyl groups is 1. The summed E-state index contributed by atoms with van der Waals surface area (Å²) in [5.74, 6) is -0.319. The highest BCUT2D eigenvalue weighted by Crippen LogP contribution is 2.14. The second-order valence-corrected chi connectivity index (χ2v) is 5.75. The molecule has 2 rings (SSSR count). The van der Waals surface area contributed by atoms with Crippen molar-refractivity contribution in [3.63, 3.8) is 0 Å². The second kappa shape index (κ2) is 10.3. The van der Waals surface area contributed by atoms with Crippen LogP contribution in [-0.4, -0.2) is 41.7 Å². The summed E-state index contributed by atoms with van der Waals surface area (Å²) in [4.78, 5) is 28.6. The third-order valence-electron chi connectivity index (χ3n) is 3.38. The molecule has 2 amide bonds. The van der Waals surface area contributed by atoms with Crippen molar-refractivity contribution in [2.75, 3.05) is 19.8 Å². The van der Waals surface area contributed by atoms with E-state index >= 15 is 0 Å². The Kier molecular flexibility index (Phi) is 7.79. The number of hydrogen-bond donors (Lipinski definition) is 3. The Labute approximate surface area is 162 Å². The summed E-state index contributed by atoms with van der Waals surface area (Å²) in [6.45, 7) is 2.29. The van der Waals surface area contributed by atoms with Crippen molar-refractivity contribution >= 4 is 29.5 Å². The van der Waals surface area contributed by atoms with Crippen LogP contribution in [0.25, 0.3) is 6.08 Å². The van der Waals surface area contributed by atoms with Gasteiger partial charge in [-0.1, -0.05) is 23.7 Å². The van der Waals surface area contributed by atoms with Crippen LogP contribution in [0, 0.1) is 0 Å². The van der Waals surface area contributed by atoms with Crippen LogP contribution >= 0.6 is 11.6 Å². The van der Waals surface area contributed by atoms with E-state index in [4.69, 9.17) is 21.4 Å². The number of carbonyl (C=O) groups excluding carboxylic acids is 2. The summed E-state index contributed by atoms with van der Waals surface area (Å²) in [5, 5.41) is 14.2. The van der Waals surface area contributed by atoms with Crippen LogP contribution in [0.4, 0.5) is 0 Å². The average Bonchev–Trinajstić information content (AvgIpc) is 2.67. The summed E-state index contributed by atoms with van der Waals surface area (Å²) >= 11 is 5.72. The minimum Gasteiger partial charge on any atom is -0.494 e. The molecule has 0 saturated carbocycles. The predicted molar refractivity (Wildman–Crippen MR) is 102 cm³/mol. The summed E-state index contributed by atoms with van der Waals surface area (Å²) in [6.07, 6.45) is 2.85. The number of carbonyl (C=O) groups is 2. The lowest BCUT2D eigenvalue weighted by Crippen LogP contribution is -2.36. The van der Waals surface area contributed by atoms with Gasteiger partial charge in [-0.3, -0.25) is 9.59 Å². The fourth-order valence-electron chi connectivity index (χ4n) is 2.12. The Hall–Kier alpha value is -2.90. The second-order valence-electron chi connectivity index (χ2n) is 5.36. The van der Waals surface area contributed by atoms with E-state index in [9.17, 15) is 9.59 Å². The summed E-state index contributed by atoms with van der Waals surface area (Å²) in [6, 6.07) is 10.1. The zero-order valence-corrected chi connectivity index (χ0v) is 15.5. The van der Waals surface area contributed by atoms with Crippen LogP contribution in [0.15, 0.2) is 48.3 Å². The molecule has 3 N–H and O–H groups in total. The number of amides is 2. The van der Waals surface area contributed by atoms with E-state index in [2.05, 4.69) is 15.6 Å². The molecule has 0 aliphatic carbocycles. The quantitative estimate of drug-likeness (QED) is 0.473. The van der Waals surface area contributed by atoms with Crippen molar-refractivity contribution < 1.29 is 19.4 Å². The van der Waals surface area contributed by atoms with Gasteiger partial charge in [0.25, 0.3) is 11.8 Å². The molecule has 0 radical (unpaired) electrons. The number of rotatable bonds is 8. The maximum atomic E-state index is 12.4. The molecule has 0 unspecified atom stereocenters. The summed E-state index contributed by atoms with van der Waals surface area (Å²) < 4.78 is 5.38. The van der Waals surface area contributed by atoms with E-state index < -0.39 is 11.8 Å². The van der Waals surface area contributed by atoms with Gasteiger partial charge in [-0.25, -0.2) is 4.98 Å². The van der Waals surface area contributed by atoms with Gasteiger partial charge in [0.1, 0.15) is 16.6 Å². The van der Waals surface area contributed by atoms with Gasteiger partial charge in [-0.15, -0.1) is 0 Å². The van der Waals surface area contributed by atoms with Crippen LogP contribution in [0.3, 0.4) is 0 Å². The highest BCUT2D eigenvalue weighted by molar-refractivity contribution is 6.29. The van der Waals surface area contributed by atoms with Crippen molar-refractivity contribution in [3.05, 3.63) is 64.6 Å². The number of aromatic nitrogens is 1. The van der Waals surface area contributed by atoms with Crippen molar-refractivity contribution in [2.24, 2.45) is 0 Å². The fourth-order valence-corrected chi connectivity index (χ4v) is 2.23. The lowest BCUT2D eigenvalue weighted by molar-refractivity contribution is -0.117. The predicted octanol–water partition coefficient (Wildman–Crippen LogP) is 2.01. The van der Waals surface area contributed by atoms with Crippen molar-refractivity contribution in [3.8, 4) is 5.75 Å². The van der Waals surface area contributed by atoms with Gasteiger partial charge < -0.3 is 20.5 Å². The average molecular weight is 390 g/mol. The molecule has 1 aromatic heterocycles. The maximum absolute atomic E-state index is 12.4. The zero-order valence-electron chi connectivity index (χ0n) is 14.7. The van der Waals surface area contributed by atoms with E-state index in [1.165, 1.54) is 24.4 Å². The van der Waals surface area contributed by atoms with Crippen LogP contribution in [0.2, 0.25) is 5.15 Å². The zero-order chi connectivity index (χ0) is 19.6. The van der Waals surface area contributed by atoms with Gasteiger partial charge in [0, 0.05) is 12.7 Å².